The fourth-order valence-corrected chi connectivity index (χ4v) is 2.23. The molecule has 0 saturated carbocycles. The van der Waals surface area contributed by atoms with E-state index in [1.54, 1.807) is 24.4 Å². The number of carbonyl (C=O) groups excluding carboxylic acids is 2. The highest BCUT2D eigenvalue weighted by Crippen LogP contribution is 2.24. The molecule has 0 radical (unpaired) electrons. The van der Waals surface area contributed by atoms with E-state index in [-0.39, 0.29) is 11.8 Å². The van der Waals surface area contributed by atoms with E-state index in [9.17, 15) is 9.59 Å². The van der Waals surface area contributed by atoms with Gasteiger partial charge in [-0.25, -0.2) is 0 Å². The van der Waals surface area contributed by atoms with Crippen molar-refractivity contribution in [2.24, 2.45) is 0 Å². The number of H-pyrrole nitrogens is 1. The minimum atomic E-state index is -0.229. The molecule has 0 atom stereocenters. The molecule has 0 bridgehead atoms. The molecule has 2 amide bonds. The molecule has 6 heteroatoms. The van der Waals surface area contributed by atoms with E-state index in [2.05, 4.69) is 20.8 Å². The second-order valence-electron chi connectivity index (χ2n) is 4.67. The molecule has 2 heterocycles. The van der Waals surface area contributed by atoms with Gasteiger partial charge in [0.1, 0.15) is 5.82 Å². The van der Waals surface area contributed by atoms with Crippen molar-refractivity contribution in [3.63, 3.8) is 0 Å². The molecular weight excluding hydrogens is 256 g/mol. The average molecular weight is 270 g/mol. The van der Waals surface area contributed by atoms with Gasteiger partial charge in [-0.15, -0.1) is 0 Å². The first-order valence-corrected chi connectivity index (χ1v) is 6.43. The first-order chi connectivity index (χ1) is 9.67. The Kier molecular flexibility index (Phi) is 2.98. The Bertz CT molecular complexity index is 690. The van der Waals surface area contributed by atoms with Crippen LogP contribution in [-0.4, -0.2) is 22.0 Å². The van der Waals surface area contributed by atoms with Gasteiger partial charge in [-0.05, 0) is 24.1 Å². The quantitative estimate of drug-likeness (QED) is 0.793. The summed E-state index contributed by atoms with van der Waals surface area (Å²) in [7, 11) is 0. The van der Waals surface area contributed by atoms with Gasteiger partial charge >= 0.3 is 0 Å². The summed E-state index contributed by atoms with van der Waals surface area (Å²) in [4.78, 5) is 23.5. The van der Waals surface area contributed by atoms with Gasteiger partial charge in [-0.2, -0.15) is 5.10 Å². The van der Waals surface area contributed by atoms with Crippen molar-refractivity contribution >= 4 is 23.3 Å². The number of fused-ring (bicyclic) bond motifs is 1. The highest BCUT2D eigenvalue weighted by Gasteiger charge is 2.19. The summed E-state index contributed by atoms with van der Waals surface area (Å²) in [6.07, 6.45) is 2.85. The standard InChI is InChI=1S/C14H14N4O2/c1-2-8-7-15-18-13(8)17-14(20)10-4-3-9-6-12(19)16-11(9)5-10/h3-5,7H,2,6H2,1H3,(H,16,19)(H2,15,17,18,20). The fourth-order valence-electron chi connectivity index (χ4n) is 2.23. The molecule has 102 valence electrons. The Labute approximate surface area is 115 Å². The predicted molar refractivity (Wildman–Crippen MR) is 74.7 cm³/mol. The van der Waals surface area contributed by atoms with Crippen LogP contribution in [-0.2, 0) is 17.6 Å². The zero-order valence-corrected chi connectivity index (χ0v) is 11.0. The van der Waals surface area contributed by atoms with Crippen LogP contribution in [0.2, 0.25) is 0 Å². The molecule has 0 saturated heterocycles. The number of nitrogens with zero attached hydrogens (tertiary/aromatic N) is 1. The molecule has 20 heavy (non-hydrogen) atoms. The Balaban J connectivity index is 1.82. The van der Waals surface area contributed by atoms with Crippen molar-refractivity contribution in [3.05, 3.63) is 41.1 Å². The second-order valence-corrected chi connectivity index (χ2v) is 4.67. The van der Waals surface area contributed by atoms with E-state index in [4.69, 9.17) is 0 Å². The molecule has 6 nitrogen and oxygen atoms in total. The molecule has 1 aliphatic heterocycles. The Hall–Kier alpha value is -2.63. The number of hydrogen-bond donors (Lipinski definition) is 3. The van der Waals surface area contributed by atoms with Crippen LogP contribution in [0.3, 0.4) is 0 Å². The summed E-state index contributed by atoms with van der Waals surface area (Å²) in [5.74, 6) is 0.342. The predicted octanol–water partition coefficient (Wildman–Crippen LogP) is 1.72. The number of nitrogens with one attached hydrogen (secondary N) is 3. The number of rotatable bonds is 3. The molecule has 0 spiro atoms. The van der Waals surface area contributed by atoms with Gasteiger partial charge in [0.2, 0.25) is 5.91 Å². The lowest BCUT2D eigenvalue weighted by Gasteiger charge is -2.06. The minimum absolute atomic E-state index is 0.0422. The number of amides is 2. The lowest BCUT2D eigenvalue weighted by Crippen LogP contribution is -2.13. The lowest BCUT2D eigenvalue weighted by molar-refractivity contribution is -0.115. The van der Waals surface area contributed by atoms with Crippen molar-refractivity contribution in [2.75, 3.05) is 10.6 Å². The van der Waals surface area contributed by atoms with Crippen LogP contribution in [0, 0.1) is 0 Å². The first kappa shape index (κ1) is 12.4. The van der Waals surface area contributed by atoms with Crippen molar-refractivity contribution in [1.82, 2.24) is 10.2 Å². The highest BCUT2D eigenvalue weighted by atomic mass is 16.2. The summed E-state index contributed by atoms with van der Waals surface area (Å²) in [5.41, 5.74) is 3.08. The Morgan fingerprint density at radius 1 is 1.45 bits per heavy atom. The number of anilines is 2. The molecule has 0 unspecified atom stereocenters. The third-order valence-electron chi connectivity index (χ3n) is 3.33. The maximum absolute atomic E-state index is 12.2. The molecular formula is C14H14N4O2. The van der Waals surface area contributed by atoms with Gasteiger partial charge in [0.15, 0.2) is 0 Å². The smallest absolute Gasteiger partial charge is 0.256 e. The van der Waals surface area contributed by atoms with Crippen LogP contribution < -0.4 is 10.6 Å². The number of aromatic nitrogens is 2. The molecule has 0 fully saturated rings. The summed E-state index contributed by atoms with van der Waals surface area (Å²) >= 11 is 0. The highest BCUT2D eigenvalue weighted by molar-refractivity contribution is 6.06. The molecule has 3 N–H and O–H groups in total. The monoisotopic (exact) mass is 270 g/mol. The van der Waals surface area contributed by atoms with Gasteiger partial charge in [0.25, 0.3) is 5.91 Å². The normalized spacial score (nSPS) is 12.9. The van der Waals surface area contributed by atoms with Crippen molar-refractivity contribution in [2.45, 2.75) is 19.8 Å². The van der Waals surface area contributed by atoms with Crippen LogP contribution in [0.1, 0.15) is 28.4 Å². The summed E-state index contributed by atoms with van der Waals surface area (Å²) < 4.78 is 0. The molecule has 1 aromatic carbocycles. The third kappa shape index (κ3) is 2.16. The number of carbonyl (C=O) groups is 2. The van der Waals surface area contributed by atoms with Gasteiger partial charge < -0.3 is 10.6 Å². The van der Waals surface area contributed by atoms with Crippen LogP contribution in [0.5, 0.6) is 0 Å². The number of hydrogen-bond acceptors (Lipinski definition) is 3. The van der Waals surface area contributed by atoms with E-state index in [0.717, 1.165) is 17.5 Å². The number of aromatic amines is 1. The van der Waals surface area contributed by atoms with Gasteiger partial charge in [-0.3, -0.25) is 14.7 Å². The minimum Gasteiger partial charge on any atom is -0.326 e. The molecule has 1 aromatic heterocycles. The first-order valence-electron chi connectivity index (χ1n) is 6.43. The Morgan fingerprint density at radius 2 is 2.30 bits per heavy atom. The van der Waals surface area contributed by atoms with Crippen LogP contribution >= 0.6 is 0 Å². The third-order valence-corrected chi connectivity index (χ3v) is 3.33. The molecule has 3 rings (SSSR count). The van der Waals surface area contributed by atoms with Crippen LogP contribution in [0.25, 0.3) is 0 Å². The largest absolute Gasteiger partial charge is 0.326 e. The summed E-state index contributed by atoms with van der Waals surface area (Å²) in [6.45, 7) is 1.99. The van der Waals surface area contributed by atoms with E-state index in [1.807, 2.05) is 6.92 Å². The van der Waals surface area contributed by atoms with E-state index < -0.39 is 0 Å². The molecule has 2 aromatic rings. The number of benzene rings is 1. The zero-order valence-electron chi connectivity index (χ0n) is 11.0. The Morgan fingerprint density at radius 3 is 3.10 bits per heavy atom. The second kappa shape index (κ2) is 4.80. The summed E-state index contributed by atoms with van der Waals surface area (Å²) in [6, 6.07) is 5.21. The van der Waals surface area contributed by atoms with Gasteiger partial charge in [-0.1, -0.05) is 13.0 Å². The maximum atomic E-state index is 12.2. The lowest BCUT2D eigenvalue weighted by atomic mass is 10.1. The maximum Gasteiger partial charge on any atom is 0.256 e. The summed E-state index contributed by atoms with van der Waals surface area (Å²) in [5, 5.41) is 12.2. The van der Waals surface area contributed by atoms with Gasteiger partial charge in [0.05, 0.1) is 12.6 Å². The van der Waals surface area contributed by atoms with E-state index in [0.29, 0.717) is 23.5 Å². The molecule has 1 aliphatic rings. The van der Waals surface area contributed by atoms with Crippen molar-refractivity contribution in [1.29, 1.82) is 0 Å². The zero-order chi connectivity index (χ0) is 14.1. The van der Waals surface area contributed by atoms with E-state index in [1.165, 1.54) is 0 Å². The van der Waals surface area contributed by atoms with Crippen LogP contribution in [0.4, 0.5) is 11.5 Å². The molecule has 0 aliphatic carbocycles. The topological polar surface area (TPSA) is 86.9 Å². The number of aryl methyl sites for hydroxylation is 1. The average Bonchev–Trinajstić information content (AvgIpc) is 3.02. The van der Waals surface area contributed by atoms with Gasteiger partial charge in [0, 0.05) is 16.8 Å². The van der Waals surface area contributed by atoms with Crippen molar-refractivity contribution < 1.29 is 9.59 Å². The SMILES string of the molecule is CCc1cn[nH]c1NC(=O)c1ccc2c(c1)NC(=O)C2. The van der Waals surface area contributed by atoms with E-state index >= 15 is 0 Å². The fraction of sp³-hybridized carbons (Fsp3) is 0.214. The van der Waals surface area contributed by atoms with Crippen molar-refractivity contribution in [3.8, 4) is 0 Å². The van der Waals surface area contributed by atoms with Crippen LogP contribution in [0.15, 0.2) is 24.4 Å².